The topological polar surface area (TPSA) is 59.3 Å². The van der Waals surface area contributed by atoms with Crippen LogP contribution in [0.2, 0.25) is 5.02 Å². The zero-order valence-corrected chi connectivity index (χ0v) is 13.1. The van der Waals surface area contributed by atoms with Crippen LogP contribution in [0.15, 0.2) is 44.3 Å². The molecule has 2 aromatic rings. The molecule has 0 fully saturated rings. The van der Waals surface area contributed by atoms with Crippen molar-refractivity contribution >= 4 is 37.6 Å². The van der Waals surface area contributed by atoms with Gasteiger partial charge in [0, 0.05) is 9.50 Å². The van der Waals surface area contributed by atoms with Crippen LogP contribution in [0.5, 0.6) is 0 Å². The number of hydrogen-bond acceptors (Lipinski definition) is 3. The Morgan fingerprint density at radius 1 is 1.42 bits per heavy atom. The number of halogens is 2. The van der Waals surface area contributed by atoms with Crippen molar-refractivity contribution in [2.24, 2.45) is 0 Å². The Labute approximate surface area is 124 Å². The average molecular weight is 365 g/mol. The van der Waals surface area contributed by atoms with Crippen molar-refractivity contribution in [1.82, 2.24) is 4.72 Å². The van der Waals surface area contributed by atoms with Crippen molar-refractivity contribution in [1.29, 1.82) is 0 Å². The van der Waals surface area contributed by atoms with E-state index < -0.39 is 10.0 Å². The molecule has 1 aromatic carbocycles. The maximum Gasteiger partial charge on any atom is 0.242 e. The van der Waals surface area contributed by atoms with Crippen LogP contribution in [0, 0.1) is 6.92 Å². The molecule has 0 atom stereocenters. The predicted molar refractivity (Wildman–Crippen MR) is 76.6 cm³/mol. The number of rotatable bonds is 4. The van der Waals surface area contributed by atoms with E-state index in [2.05, 4.69) is 20.7 Å². The van der Waals surface area contributed by atoms with Gasteiger partial charge in [0.15, 0.2) is 0 Å². The summed E-state index contributed by atoms with van der Waals surface area (Å²) in [6.07, 6.45) is 1.49. The van der Waals surface area contributed by atoms with Crippen molar-refractivity contribution in [2.45, 2.75) is 18.4 Å². The second-order valence-corrected chi connectivity index (χ2v) is 6.93. The third kappa shape index (κ3) is 3.39. The smallest absolute Gasteiger partial charge is 0.242 e. The van der Waals surface area contributed by atoms with Gasteiger partial charge in [0.05, 0.1) is 17.7 Å². The molecule has 0 bridgehead atoms. The van der Waals surface area contributed by atoms with Gasteiger partial charge in [-0.2, -0.15) is 0 Å². The summed E-state index contributed by atoms with van der Waals surface area (Å²) in [7, 11) is -3.65. The van der Waals surface area contributed by atoms with E-state index in [0.29, 0.717) is 15.3 Å². The Bertz CT molecular complexity index is 683. The molecule has 2 rings (SSSR count). The summed E-state index contributed by atoms with van der Waals surface area (Å²) in [4.78, 5) is 0.106. The highest BCUT2D eigenvalue weighted by atomic mass is 79.9. The molecule has 4 nitrogen and oxygen atoms in total. The highest BCUT2D eigenvalue weighted by Gasteiger charge is 2.19. The molecule has 0 spiro atoms. The minimum Gasteiger partial charge on any atom is -0.468 e. The average Bonchev–Trinajstić information content (AvgIpc) is 2.84. The van der Waals surface area contributed by atoms with Gasteiger partial charge in [0.2, 0.25) is 10.0 Å². The Kier molecular flexibility index (Phi) is 4.35. The summed E-state index contributed by atoms with van der Waals surface area (Å²) in [6, 6.07) is 6.48. The summed E-state index contributed by atoms with van der Waals surface area (Å²) in [5.74, 6) is 0.540. The fourth-order valence-electron chi connectivity index (χ4n) is 1.49. The maximum absolute atomic E-state index is 12.2. The van der Waals surface area contributed by atoms with E-state index in [4.69, 9.17) is 16.0 Å². The highest BCUT2D eigenvalue weighted by molar-refractivity contribution is 9.10. The fraction of sp³-hybridized carbons (Fsp3) is 0.167. The minimum atomic E-state index is -3.65. The van der Waals surface area contributed by atoms with Crippen LogP contribution in [0.3, 0.4) is 0 Å². The molecule has 0 aliphatic rings. The van der Waals surface area contributed by atoms with Crippen LogP contribution < -0.4 is 4.72 Å². The summed E-state index contributed by atoms with van der Waals surface area (Å²) < 4.78 is 32.3. The summed E-state index contributed by atoms with van der Waals surface area (Å²) in [6.45, 7) is 1.90. The molecule has 1 N–H and O–H groups in total. The molecule has 7 heteroatoms. The number of aryl methyl sites for hydroxylation is 1. The number of benzene rings is 1. The number of hydrogen-bond donors (Lipinski definition) is 1. The number of nitrogens with one attached hydrogen (secondary N) is 1. The highest BCUT2D eigenvalue weighted by Crippen LogP contribution is 2.28. The molecular formula is C12H11BrClNO3S. The molecule has 0 saturated carbocycles. The first-order chi connectivity index (χ1) is 8.90. The Morgan fingerprint density at radius 2 is 2.16 bits per heavy atom. The van der Waals surface area contributed by atoms with Gasteiger partial charge in [0.25, 0.3) is 0 Å². The molecule has 1 heterocycles. The van der Waals surface area contributed by atoms with Gasteiger partial charge >= 0.3 is 0 Å². The van der Waals surface area contributed by atoms with E-state index in [1.807, 2.05) is 0 Å². The molecule has 0 amide bonds. The number of furan rings is 1. The summed E-state index contributed by atoms with van der Waals surface area (Å²) in [5, 5.41) is 0.404. The van der Waals surface area contributed by atoms with Crippen LogP contribution in [-0.2, 0) is 16.6 Å². The minimum absolute atomic E-state index is 0.0905. The molecule has 1 aromatic heterocycles. The van der Waals surface area contributed by atoms with Crippen molar-refractivity contribution in [3.05, 3.63) is 51.3 Å². The lowest BCUT2D eigenvalue weighted by atomic mass is 10.2. The summed E-state index contributed by atoms with van der Waals surface area (Å²) >= 11 is 9.19. The second-order valence-electron chi connectivity index (χ2n) is 3.94. The van der Waals surface area contributed by atoms with Crippen molar-refractivity contribution in [2.75, 3.05) is 0 Å². The third-order valence-electron chi connectivity index (χ3n) is 2.52. The molecule has 19 heavy (non-hydrogen) atoms. The van der Waals surface area contributed by atoms with Gasteiger partial charge in [0.1, 0.15) is 5.76 Å². The van der Waals surface area contributed by atoms with Gasteiger partial charge < -0.3 is 4.42 Å². The van der Waals surface area contributed by atoms with Crippen molar-refractivity contribution in [3.8, 4) is 0 Å². The quantitative estimate of drug-likeness (QED) is 0.903. The lowest BCUT2D eigenvalue weighted by Crippen LogP contribution is -2.23. The van der Waals surface area contributed by atoms with Crippen molar-refractivity contribution < 1.29 is 12.8 Å². The monoisotopic (exact) mass is 363 g/mol. The Hall–Kier alpha value is -0.820. The molecule has 0 aliphatic heterocycles. The van der Waals surface area contributed by atoms with Crippen molar-refractivity contribution in [3.63, 3.8) is 0 Å². The van der Waals surface area contributed by atoms with Crippen LogP contribution in [0.25, 0.3) is 0 Å². The van der Waals surface area contributed by atoms with E-state index in [-0.39, 0.29) is 11.4 Å². The second kappa shape index (κ2) is 5.66. The van der Waals surface area contributed by atoms with E-state index >= 15 is 0 Å². The van der Waals surface area contributed by atoms with Crippen LogP contribution in [0.4, 0.5) is 0 Å². The Balaban J connectivity index is 2.27. The Morgan fingerprint density at radius 3 is 2.79 bits per heavy atom. The van der Waals surface area contributed by atoms with Crippen LogP contribution in [-0.4, -0.2) is 8.42 Å². The number of sulfonamides is 1. The zero-order chi connectivity index (χ0) is 14.0. The molecule has 0 radical (unpaired) electrons. The van der Waals surface area contributed by atoms with Gasteiger partial charge in [-0.25, -0.2) is 13.1 Å². The van der Waals surface area contributed by atoms with Gasteiger partial charge in [-0.1, -0.05) is 11.6 Å². The van der Waals surface area contributed by atoms with E-state index in [1.54, 1.807) is 25.1 Å². The van der Waals surface area contributed by atoms with E-state index in [1.165, 1.54) is 12.3 Å². The maximum atomic E-state index is 12.2. The zero-order valence-electron chi connectivity index (χ0n) is 9.98. The van der Waals surface area contributed by atoms with Gasteiger partial charge in [-0.15, -0.1) is 0 Å². The van der Waals surface area contributed by atoms with Gasteiger partial charge in [-0.3, -0.25) is 0 Å². The first-order valence-corrected chi connectivity index (χ1v) is 8.03. The van der Waals surface area contributed by atoms with E-state index in [9.17, 15) is 8.42 Å². The SMILES string of the molecule is Cc1cc(Br)c(S(=O)(=O)NCc2ccco2)cc1Cl. The molecule has 102 valence electrons. The van der Waals surface area contributed by atoms with Gasteiger partial charge in [-0.05, 0) is 52.7 Å². The normalized spacial score (nSPS) is 11.7. The molecular weight excluding hydrogens is 354 g/mol. The lowest BCUT2D eigenvalue weighted by Gasteiger charge is -2.09. The summed E-state index contributed by atoms with van der Waals surface area (Å²) in [5.41, 5.74) is 0.804. The standard InChI is InChI=1S/C12H11BrClNO3S/c1-8-5-10(13)12(6-11(8)14)19(16,17)15-7-9-3-2-4-18-9/h2-6,15H,7H2,1H3. The molecule has 0 unspecified atom stereocenters. The van der Waals surface area contributed by atoms with E-state index in [0.717, 1.165) is 5.56 Å². The first kappa shape index (κ1) is 14.6. The third-order valence-corrected chi connectivity index (χ3v) is 5.29. The fourth-order valence-corrected chi connectivity index (χ4v) is 3.89. The van der Waals surface area contributed by atoms with Crippen LogP contribution in [0.1, 0.15) is 11.3 Å². The molecule has 0 aliphatic carbocycles. The van der Waals surface area contributed by atoms with Crippen LogP contribution >= 0.6 is 27.5 Å². The largest absolute Gasteiger partial charge is 0.468 e. The predicted octanol–water partition coefficient (Wildman–Crippen LogP) is 3.48. The molecule has 0 saturated heterocycles. The first-order valence-electron chi connectivity index (χ1n) is 5.38. The lowest BCUT2D eigenvalue weighted by molar-refractivity contribution is 0.498.